The molecule has 1 aliphatic rings. The van der Waals surface area contributed by atoms with Gasteiger partial charge in [-0.2, -0.15) is 11.8 Å². The Morgan fingerprint density at radius 1 is 1.19 bits per heavy atom. The van der Waals surface area contributed by atoms with E-state index in [4.69, 9.17) is 0 Å². The van der Waals surface area contributed by atoms with Gasteiger partial charge in [0.1, 0.15) is 0 Å². The molecule has 0 spiro atoms. The fraction of sp³-hybridized carbons (Fsp3) is 0.600. The van der Waals surface area contributed by atoms with E-state index in [2.05, 4.69) is 16.3 Å². The van der Waals surface area contributed by atoms with Gasteiger partial charge in [-0.25, -0.2) is 13.1 Å². The van der Waals surface area contributed by atoms with Gasteiger partial charge in [0.05, 0.1) is 4.90 Å². The smallest absolute Gasteiger partial charge is 0.240 e. The fourth-order valence-electron chi connectivity index (χ4n) is 2.74. The summed E-state index contributed by atoms with van der Waals surface area (Å²) in [4.78, 5) is 0.332. The van der Waals surface area contributed by atoms with Crippen molar-refractivity contribution in [2.45, 2.75) is 42.2 Å². The molecule has 0 aromatic heterocycles. The normalized spacial score (nSPS) is 17.8. The number of rotatable bonds is 7. The minimum absolute atomic E-state index is 0.0801. The molecule has 1 aromatic carbocycles. The number of thioether (sulfide) groups is 1. The zero-order chi connectivity index (χ0) is 15.3. The van der Waals surface area contributed by atoms with E-state index in [9.17, 15) is 8.42 Å². The summed E-state index contributed by atoms with van der Waals surface area (Å²) in [6, 6.07) is 6.91. The summed E-state index contributed by atoms with van der Waals surface area (Å²) in [7, 11) is -3.42. The maximum Gasteiger partial charge on any atom is 0.240 e. The molecule has 1 fully saturated rings. The number of sulfonamides is 1. The van der Waals surface area contributed by atoms with E-state index in [1.54, 1.807) is 36.0 Å². The van der Waals surface area contributed by atoms with Gasteiger partial charge in [0.2, 0.25) is 10.0 Å². The average Bonchev–Trinajstić information content (AvgIpc) is 2.96. The lowest BCUT2D eigenvalue weighted by atomic mass is 10.1. The second-order valence-electron chi connectivity index (χ2n) is 5.47. The molecular formula is C15H24N2O2S2. The molecule has 118 valence electrons. The molecular weight excluding hydrogens is 304 g/mol. The summed E-state index contributed by atoms with van der Waals surface area (Å²) in [6.45, 7) is 3.35. The number of anilines is 1. The highest BCUT2D eigenvalue weighted by Gasteiger charge is 2.34. The van der Waals surface area contributed by atoms with Gasteiger partial charge in [-0.1, -0.05) is 12.8 Å². The third kappa shape index (κ3) is 4.14. The first kappa shape index (κ1) is 16.6. The molecule has 0 radical (unpaired) electrons. The van der Waals surface area contributed by atoms with Crippen LogP contribution in [0.25, 0.3) is 0 Å². The molecule has 1 aliphatic carbocycles. The predicted molar refractivity (Wildman–Crippen MR) is 90.5 cm³/mol. The van der Waals surface area contributed by atoms with E-state index in [1.807, 2.05) is 6.92 Å². The highest BCUT2D eigenvalue weighted by molar-refractivity contribution is 8.00. The van der Waals surface area contributed by atoms with Gasteiger partial charge in [0.25, 0.3) is 0 Å². The standard InChI is InChI=1S/C15H24N2O2S2/c1-3-16-13-6-8-14(9-7-13)21(18,19)17-12-15(20-2)10-4-5-11-15/h6-9,16-17H,3-5,10-12H2,1-2H3. The van der Waals surface area contributed by atoms with Crippen LogP contribution in [0.15, 0.2) is 29.2 Å². The third-order valence-corrected chi connectivity index (χ3v) is 6.91. The van der Waals surface area contributed by atoms with Crippen molar-refractivity contribution < 1.29 is 8.42 Å². The largest absolute Gasteiger partial charge is 0.385 e. The van der Waals surface area contributed by atoms with Crippen LogP contribution in [-0.4, -0.2) is 32.5 Å². The molecule has 0 atom stereocenters. The van der Waals surface area contributed by atoms with Crippen LogP contribution in [0.2, 0.25) is 0 Å². The van der Waals surface area contributed by atoms with E-state index < -0.39 is 10.0 Å². The lowest BCUT2D eigenvalue weighted by Crippen LogP contribution is -2.38. The number of hydrogen-bond donors (Lipinski definition) is 2. The Kier molecular flexibility index (Phi) is 5.57. The topological polar surface area (TPSA) is 58.2 Å². The van der Waals surface area contributed by atoms with Crippen molar-refractivity contribution in [2.24, 2.45) is 0 Å². The Morgan fingerprint density at radius 3 is 2.33 bits per heavy atom. The molecule has 0 bridgehead atoms. The van der Waals surface area contributed by atoms with Crippen LogP contribution < -0.4 is 10.0 Å². The zero-order valence-electron chi connectivity index (χ0n) is 12.7. The SMILES string of the molecule is CCNc1ccc(S(=O)(=O)NCC2(SC)CCCC2)cc1. The second-order valence-corrected chi connectivity index (χ2v) is 8.51. The maximum atomic E-state index is 12.4. The van der Waals surface area contributed by atoms with Gasteiger partial charge in [-0.05, 0) is 50.3 Å². The molecule has 2 N–H and O–H groups in total. The third-order valence-electron chi connectivity index (χ3n) is 4.08. The molecule has 0 unspecified atom stereocenters. The molecule has 0 amide bonds. The molecule has 6 heteroatoms. The predicted octanol–water partition coefficient (Wildman–Crippen LogP) is 3.07. The molecule has 1 aromatic rings. The van der Waals surface area contributed by atoms with Crippen molar-refractivity contribution in [3.8, 4) is 0 Å². The minimum atomic E-state index is -3.42. The van der Waals surface area contributed by atoms with Crippen molar-refractivity contribution in [1.29, 1.82) is 0 Å². The van der Waals surface area contributed by atoms with Gasteiger partial charge >= 0.3 is 0 Å². The summed E-state index contributed by atoms with van der Waals surface area (Å²) in [5.74, 6) is 0. The Morgan fingerprint density at radius 2 is 1.81 bits per heavy atom. The van der Waals surface area contributed by atoms with Gasteiger partial charge in [-0.3, -0.25) is 0 Å². The van der Waals surface area contributed by atoms with Crippen LogP contribution in [0.3, 0.4) is 0 Å². The summed E-state index contributed by atoms with van der Waals surface area (Å²) >= 11 is 1.79. The van der Waals surface area contributed by atoms with Crippen LogP contribution >= 0.6 is 11.8 Å². The summed E-state index contributed by atoms with van der Waals surface area (Å²) in [6.07, 6.45) is 6.65. The molecule has 0 heterocycles. The van der Waals surface area contributed by atoms with Gasteiger partial charge in [0.15, 0.2) is 0 Å². The van der Waals surface area contributed by atoms with Gasteiger partial charge < -0.3 is 5.32 Å². The first-order chi connectivity index (χ1) is 10.0. The van der Waals surface area contributed by atoms with Crippen molar-refractivity contribution in [2.75, 3.05) is 24.7 Å². The van der Waals surface area contributed by atoms with E-state index >= 15 is 0 Å². The lowest BCUT2D eigenvalue weighted by molar-refractivity contribution is 0.551. The van der Waals surface area contributed by atoms with Crippen molar-refractivity contribution >= 4 is 27.5 Å². The van der Waals surface area contributed by atoms with Crippen molar-refractivity contribution in [3.63, 3.8) is 0 Å². The van der Waals surface area contributed by atoms with Crippen LogP contribution in [0, 0.1) is 0 Å². The highest BCUT2D eigenvalue weighted by atomic mass is 32.2. The monoisotopic (exact) mass is 328 g/mol. The van der Waals surface area contributed by atoms with E-state index in [0.29, 0.717) is 11.4 Å². The summed E-state index contributed by atoms with van der Waals surface area (Å²) in [5, 5.41) is 3.16. The number of hydrogen-bond acceptors (Lipinski definition) is 4. The number of nitrogens with one attached hydrogen (secondary N) is 2. The van der Waals surface area contributed by atoms with E-state index in [0.717, 1.165) is 25.1 Å². The summed E-state index contributed by atoms with van der Waals surface area (Å²) < 4.78 is 27.6. The van der Waals surface area contributed by atoms with Crippen LogP contribution in [-0.2, 0) is 10.0 Å². The van der Waals surface area contributed by atoms with Crippen LogP contribution in [0.1, 0.15) is 32.6 Å². The zero-order valence-corrected chi connectivity index (χ0v) is 14.3. The Labute approximate surface area is 132 Å². The molecule has 1 saturated carbocycles. The Bertz CT molecular complexity index is 550. The fourth-order valence-corrected chi connectivity index (χ4v) is 4.87. The molecule has 2 rings (SSSR count). The van der Waals surface area contributed by atoms with Crippen LogP contribution in [0.5, 0.6) is 0 Å². The van der Waals surface area contributed by atoms with E-state index in [-0.39, 0.29) is 4.75 Å². The Hall–Kier alpha value is -0.720. The van der Waals surface area contributed by atoms with Crippen LogP contribution in [0.4, 0.5) is 5.69 Å². The number of benzene rings is 1. The quantitative estimate of drug-likeness (QED) is 0.807. The second kappa shape index (κ2) is 7.03. The van der Waals surface area contributed by atoms with Crippen molar-refractivity contribution in [1.82, 2.24) is 4.72 Å². The summed E-state index contributed by atoms with van der Waals surface area (Å²) in [5.41, 5.74) is 0.938. The van der Waals surface area contributed by atoms with Gasteiger partial charge in [0, 0.05) is 23.5 Å². The van der Waals surface area contributed by atoms with Gasteiger partial charge in [-0.15, -0.1) is 0 Å². The Balaban J connectivity index is 2.04. The molecule has 21 heavy (non-hydrogen) atoms. The molecule has 4 nitrogen and oxygen atoms in total. The molecule has 0 saturated heterocycles. The lowest BCUT2D eigenvalue weighted by Gasteiger charge is -2.26. The van der Waals surface area contributed by atoms with E-state index in [1.165, 1.54) is 12.8 Å². The maximum absolute atomic E-state index is 12.4. The van der Waals surface area contributed by atoms with Crippen molar-refractivity contribution in [3.05, 3.63) is 24.3 Å². The average molecular weight is 329 g/mol. The minimum Gasteiger partial charge on any atom is -0.385 e. The first-order valence-electron chi connectivity index (χ1n) is 7.40. The molecule has 0 aliphatic heterocycles. The highest BCUT2D eigenvalue weighted by Crippen LogP contribution is 2.39. The first-order valence-corrected chi connectivity index (χ1v) is 10.1.